The summed E-state index contributed by atoms with van der Waals surface area (Å²) in [5.41, 5.74) is 0.469. The zero-order valence-electron chi connectivity index (χ0n) is 14.5. The van der Waals surface area contributed by atoms with Crippen molar-refractivity contribution in [3.63, 3.8) is 0 Å². The Bertz CT molecular complexity index is 258. The van der Waals surface area contributed by atoms with Crippen LogP contribution in [-0.4, -0.2) is 48.6 Å². The molecule has 0 radical (unpaired) electrons. The molecule has 1 fully saturated rings. The van der Waals surface area contributed by atoms with Crippen LogP contribution in [0.3, 0.4) is 0 Å². The highest BCUT2D eigenvalue weighted by molar-refractivity contribution is 8.00. The van der Waals surface area contributed by atoms with Crippen molar-refractivity contribution in [2.24, 2.45) is 11.3 Å². The minimum atomic E-state index is 0.469. The molecule has 1 rings (SSSR count). The molecular formula is C17H36N2S. The number of hydrogen-bond acceptors (Lipinski definition) is 3. The van der Waals surface area contributed by atoms with E-state index in [1.54, 1.807) is 0 Å². The zero-order chi connectivity index (χ0) is 15.2. The Morgan fingerprint density at radius 1 is 1.15 bits per heavy atom. The maximum absolute atomic E-state index is 3.56. The monoisotopic (exact) mass is 300 g/mol. The van der Waals surface area contributed by atoms with Crippen LogP contribution in [0.5, 0.6) is 0 Å². The van der Waals surface area contributed by atoms with Crippen LogP contribution in [0.2, 0.25) is 0 Å². The van der Waals surface area contributed by atoms with E-state index in [4.69, 9.17) is 0 Å². The van der Waals surface area contributed by atoms with Crippen molar-refractivity contribution in [2.75, 3.05) is 32.4 Å². The van der Waals surface area contributed by atoms with Gasteiger partial charge in [0, 0.05) is 23.6 Å². The summed E-state index contributed by atoms with van der Waals surface area (Å²) in [4.78, 5) is 2.53. The number of nitrogens with one attached hydrogen (secondary N) is 1. The molecule has 3 unspecified atom stereocenters. The van der Waals surface area contributed by atoms with Gasteiger partial charge in [0.05, 0.1) is 0 Å². The van der Waals surface area contributed by atoms with Crippen LogP contribution in [0.25, 0.3) is 0 Å². The number of nitrogens with zero attached hydrogens (tertiary/aromatic N) is 1. The van der Waals surface area contributed by atoms with Crippen molar-refractivity contribution < 1.29 is 0 Å². The third-order valence-corrected chi connectivity index (χ3v) is 6.39. The fourth-order valence-electron chi connectivity index (χ4n) is 3.30. The van der Waals surface area contributed by atoms with Crippen molar-refractivity contribution in [3.05, 3.63) is 0 Å². The lowest BCUT2D eigenvalue weighted by molar-refractivity contribution is 0.167. The molecule has 1 aliphatic carbocycles. The highest BCUT2D eigenvalue weighted by atomic mass is 32.2. The largest absolute Gasteiger partial charge is 0.316 e. The van der Waals surface area contributed by atoms with Crippen molar-refractivity contribution >= 4 is 11.8 Å². The Kier molecular flexibility index (Phi) is 7.92. The summed E-state index contributed by atoms with van der Waals surface area (Å²) < 4.78 is 0. The maximum atomic E-state index is 3.56. The Balaban J connectivity index is 2.46. The summed E-state index contributed by atoms with van der Waals surface area (Å²) >= 11 is 2.20. The van der Waals surface area contributed by atoms with Gasteiger partial charge < -0.3 is 10.2 Å². The molecule has 120 valence electrons. The molecule has 1 aliphatic rings. The van der Waals surface area contributed by atoms with E-state index >= 15 is 0 Å². The van der Waals surface area contributed by atoms with Gasteiger partial charge in [0.25, 0.3) is 0 Å². The fraction of sp³-hybridized carbons (Fsp3) is 1.00. The predicted molar refractivity (Wildman–Crippen MR) is 93.7 cm³/mol. The number of hydrogen-bond donors (Lipinski definition) is 1. The number of thioether (sulfide) groups is 1. The summed E-state index contributed by atoms with van der Waals surface area (Å²) in [6.45, 7) is 15.4. The molecule has 0 aromatic rings. The molecular weight excluding hydrogens is 264 g/mol. The average molecular weight is 301 g/mol. The van der Waals surface area contributed by atoms with Gasteiger partial charge in [-0.2, -0.15) is 11.8 Å². The highest BCUT2D eigenvalue weighted by Crippen LogP contribution is 2.41. The zero-order valence-corrected chi connectivity index (χ0v) is 15.4. The van der Waals surface area contributed by atoms with Crippen LogP contribution in [0, 0.1) is 11.3 Å². The van der Waals surface area contributed by atoms with Crippen LogP contribution in [-0.2, 0) is 0 Å². The van der Waals surface area contributed by atoms with Gasteiger partial charge in [-0.3, -0.25) is 0 Å². The van der Waals surface area contributed by atoms with Gasteiger partial charge >= 0.3 is 0 Å². The highest BCUT2D eigenvalue weighted by Gasteiger charge is 2.35. The van der Waals surface area contributed by atoms with Crippen molar-refractivity contribution in [3.8, 4) is 0 Å². The van der Waals surface area contributed by atoms with Gasteiger partial charge in [-0.15, -0.1) is 0 Å². The van der Waals surface area contributed by atoms with Gasteiger partial charge in [-0.05, 0) is 50.7 Å². The van der Waals surface area contributed by atoms with E-state index < -0.39 is 0 Å². The summed E-state index contributed by atoms with van der Waals surface area (Å²) in [7, 11) is 2.14. The summed E-state index contributed by atoms with van der Waals surface area (Å²) in [6.07, 6.45) is 4.13. The normalized spacial score (nSPS) is 28.1. The predicted octanol–water partition coefficient (Wildman–Crippen LogP) is 3.86. The van der Waals surface area contributed by atoms with Crippen molar-refractivity contribution in [1.82, 2.24) is 10.2 Å². The van der Waals surface area contributed by atoms with Crippen LogP contribution in [0.1, 0.15) is 53.9 Å². The van der Waals surface area contributed by atoms with E-state index in [1.165, 1.54) is 44.6 Å². The van der Waals surface area contributed by atoms with Crippen LogP contribution in [0.4, 0.5) is 0 Å². The Morgan fingerprint density at radius 2 is 1.80 bits per heavy atom. The second-order valence-corrected chi connectivity index (χ2v) is 8.55. The molecule has 1 N–H and O–H groups in total. The molecule has 0 spiro atoms. The SMILES string of the molecule is CCN(CC)CCSC1CC(C(C)(C)C)CCC1NC. The Labute approximate surface area is 131 Å². The van der Waals surface area contributed by atoms with E-state index in [0.717, 1.165) is 17.2 Å². The smallest absolute Gasteiger partial charge is 0.0204 e. The lowest BCUT2D eigenvalue weighted by atomic mass is 9.71. The molecule has 3 atom stereocenters. The van der Waals surface area contributed by atoms with Crippen molar-refractivity contribution in [2.45, 2.75) is 65.2 Å². The first-order valence-corrected chi connectivity index (χ1v) is 9.48. The molecule has 0 aromatic carbocycles. The van der Waals surface area contributed by atoms with Gasteiger partial charge in [-0.1, -0.05) is 34.6 Å². The molecule has 3 heteroatoms. The Hall–Kier alpha value is 0.270. The first-order chi connectivity index (χ1) is 9.42. The summed E-state index contributed by atoms with van der Waals surface area (Å²) in [5, 5.41) is 4.36. The second kappa shape index (κ2) is 8.65. The molecule has 20 heavy (non-hydrogen) atoms. The molecule has 0 saturated heterocycles. The van der Waals surface area contributed by atoms with Crippen LogP contribution in [0.15, 0.2) is 0 Å². The molecule has 0 aromatic heterocycles. The topological polar surface area (TPSA) is 15.3 Å². The first-order valence-electron chi connectivity index (χ1n) is 8.43. The third kappa shape index (κ3) is 5.57. The first kappa shape index (κ1) is 18.3. The summed E-state index contributed by atoms with van der Waals surface area (Å²) in [6, 6.07) is 0.718. The summed E-state index contributed by atoms with van der Waals surface area (Å²) in [5.74, 6) is 2.17. The fourth-order valence-corrected chi connectivity index (χ4v) is 4.84. The van der Waals surface area contributed by atoms with E-state index in [1.807, 2.05) is 0 Å². The van der Waals surface area contributed by atoms with Crippen LogP contribution < -0.4 is 5.32 Å². The third-order valence-electron chi connectivity index (χ3n) is 5.02. The molecule has 0 amide bonds. The van der Waals surface area contributed by atoms with E-state index in [2.05, 4.69) is 63.6 Å². The molecule has 0 bridgehead atoms. The van der Waals surface area contributed by atoms with Crippen molar-refractivity contribution in [1.29, 1.82) is 0 Å². The quantitative estimate of drug-likeness (QED) is 0.768. The average Bonchev–Trinajstić information content (AvgIpc) is 2.42. The molecule has 1 saturated carbocycles. The van der Waals surface area contributed by atoms with Crippen LogP contribution >= 0.6 is 11.8 Å². The van der Waals surface area contributed by atoms with E-state index in [-0.39, 0.29) is 0 Å². The van der Waals surface area contributed by atoms with E-state index in [0.29, 0.717) is 5.41 Å². The number of rotatable bonds is 7. The van der Waals surface area contributed by atoms with Gasteiger partial charge in [0.2, 0.25) is 0 Å². The van der Waals surface area contributed by atoms with E-state index in [9.17, 15) is 0 Å². The minimum Gasteiger partial charge on any atom is -0.316 e. The standard InChI is InChI=1S/C17H36N2S/c1-7-19(8-2)11-12-20-16-13-14(17(3,4)5)9-10-15(16)18-6/h14-16,18H,7-13H2,1-6H3. The molecule has 2 nitrogen and oxygen atoms in total. The maximum Gasteiger partial charge on any atom is 0.0204 e. The molecule has 0 heterocycles. The lowest BCUT2D eigenvalue weighted by Gasteiger charge is -2.41. The lowest BCUT2D eigenvalue weighted by Crippen LogP contribution is -2.43. The second-order valence-electron chi connectivity index (χ2n) is 7.21. The van der Waals surface area contributed by atoms with Gasteiger partial charge in [0.1, 0.15) is 0 Å². The Morgan fingerprint density at radius 3 is 2.30 bits per heavy atom. The minimum absolute atomic E-state index is 0.469. The van der Waals surface area contributed by atoms with Gasteiger partial charge in [0.15, 0.2) is 0 Å². The molecule has 0 aliphatic heterocycles. The van der Waals surface area contributed by atoms with Gasteiger partial charge in [-0.25, -0.2) is 0 Å².